The van der Waals surface area contributed by atoms with Crippen molar-refractivity contribution in [3.8, 4) is 0 Å². The number of benzene rings is 1. The number of carbonyl (C=O) groups excluding carboxylic acids is 2. The normalized spacial score (nSPS) is 10.8. The van der Waals surface area contributed by atoms with Gasteiger partial charge in [0.05, 0.1) is 4.90 Å². The lowest BCUT2D eigenvalue weighted by molar-refractivity contribution is -0.117. The molecule has 0 unspecified atom stereocenters. The van der Waals surface area contributed by atoms with Crippen LogP contribution in [-0.4, -0.2) is 26.1 Å². The smallest absolute Gasteiger partial charge is 0.264 e. The number of hydrogen-bond donors (Lipinski definition) is 2. The maximum atomic E-state index is 11.6. The second kappa shape index (κ2) is 5.83. The van der Waals surface area contributed by atoms with E-state index in [1.165, 1.54) is 24.3 Å². The highest BCUT2D eigenvalue weighted by Crippen LogP contribution is 2.13. The summed E-state index contributed by atoms with van der Waals surface area (Å²) in [5.41, 5.74) is 0.419. The molecule has 2 amide bonds. The second-order valence-electron chi connectivity index (χ2n) is 3.37. The average Bonchev–Trinajstić information content (AvgIpc) is 2.28. The molecule has 0 aliphatic heterocycles. The zero-order valence-electron chi connectivity index (χ0n) is 9.44. The van der Waals surface area contributed by atoms with Crippen molar-refractivity contribution < 1.29 is 18.0 Å². The average molecular weight is 291 g/mol. The molecule has 8 heteroatoms. The summed E-state index contributed by atoms with van der Waals surface area (Å²) in [7, 11) is -3.85. The molecule has 1 aromatic rings. The van der Waals surface area contributed by atoms with E-state index in [9.17, 15) is 18.0 Å². The van der Waals surface area contributed by atoms with Gasteiger partial charge in [-0.05, 0) is 24.3 Å². The Balaban J connectivity index is 2.89. The van der Waals surface area contributed by atoms with Gasteiger partial charge in [-0.25, -0.2) is 13.1 Å². The summed E-state index contributed by atoms with van der Waals surface area (Å²) < 4.78 is 25.0. The molecule has 0 saturated carbocycles. The summed E-state index contributed by atoms with van der Waals surface area (Å²) in [6.45, 7) is 1.10. The van der Waals surface area contributed by atoms with E-state index < -0.39 is 21.8 Å². The molecule has 1 aromatic carbocycles. The summed E-state index contributed by atoms with van der Waals surface area (Å²) in [5, 5.41) is 2.46. The molecule has 1 rings (SSSR count). The van der Waals surface area contributed by atoms with Crippen LogP contribution in [0.15, 0.2) is 29.2 Å². The molecule has 0 saturated heterocycles. The number of amides is 2. The van der Waals surface area contributed by atoms with Crippen molar-refractivity contribution in [2.24, 2.45) is 0 Å². The molecule has 0 radical (unpaired) electrons. The first kappa shape index (κ1) is 14.5. The van der Waals surface area contributed by atoms with Gasteiger partial charge < -0.3 is 5.32 Å². The van der Waals surface area contributed by atoms with E-state index in [0.717, 1.165) is 6.92 Å². The van der Waals surface area contributed by atoms with Gasteiger partial charge in [0.25, 0.3) is 10.0 Å². The summed E-state index contributed by atoms with van der Waals surface area (Å²) in [5.74, 6) is -1.25. The molecule has 0 heterocycles. The lowest BCUT2D eigenvalue weighted by atomic mass is 10.3. The van der Waals surface area contributed by atoms with Gasteiger partial charge in [-0.2, -0.15) is 0 Å². The van der Waals surface area contributed by atoms with Crippen molar-refractivity contribution >= 4 is 39.1 Å². The zero-order chi connectivity index (χ0) is 13.8. The molecule has 0 bridgehead atoms. The van der Waals surface area contributed by atoms with Gasteiger partial charge in [0.15, 0.2) is 0 Å². The van der Waals surface area contributed by atoms with Crippen LogP contribution >= 0.6 is 11.6 Å². The third-order valence-electron chi connectivity index (χ3n) is 1.85. The standard InChI is InChI=1S/C10H11ClN2O4S/c1-7(14)13-18(16,17)9-4-2-8(3-5-9)12-10(15)6-11/h2-5H,6H2,1H3,(H,12,15)(H,13,14). The van der Waals surface area contributed by atoms with Gasteiger partial charge in [-0.1, -0.05) is 0 Å². The molecule has 0 atom stereocenters. The van der Waals surface area contributed by atoms with Gasteiger partial charge in [-0.15, -0.1) is 11.6 Å². The minimum atomic E-state index is -3.85. The monoisotopic (exact) mass is 290 g/mol. The van der Waals surface area contributed by atoms with Crippen LogP contribution in [0, 0.1) is 0 Å². The lowest BCUT2D eigenvalue weighted by Crippen LogP contribution is -2.28. The first-order valence-corrected chi connectivity index (χ1v) is 6.86. The van der Waals surface area contributed by atoms with Crippen molar-refractivity contribution in [2.75, 3.05) is 11.2 Å². The van der Waals surface area contributed by atoms with Crippen molar-refractivity contribution in [1.29, 1.82) is 0 Å². The Kier molecular flexibility index (Phi) is 4.69. The minimum absolute atomic E-state index is 0.0680. The lowest BCUT2D eigenvalue weighted by Gasteiger charge is -2.06. The van der Waals surface area contributed by atoms with Gasteiger partial charge >= 0.3 is 0 Å². The molecule has 0 aromatic heterocycles. The zero-order valence-corrected chi connectivity index (χ0v) is 11.0. The van der Waals surface area contributed by atoms with E-state index in [1.807, 2.05) is 4.72 Å². The van der Waals surface area contributed by atoms with Gasteiger partial charge in [0, 0.05) is 12.6 Å². The van der Waals surface area contributed by atoms with Crippen LogP contribution in [0.25, 0.3) is 0 Å². The Morgan fingerprint density at radius 3 is 2.22 bits per heavy atom. The number of carbonyl (C=O) groups is 2. The van der Waals surface area contributed by atoms with E-state index in [2.05, 4.69) is 5.32 Å². The maximum absolute atomic E-state index is 11.6. The predicted molar refractivity (Wildman–Crippen MR) is 66.8 cm³/mol. The van der Waals surface area contributed by atoms with E-state index in [0.29, 0.717) is 5.69 Å². The van der Waals surface area contributed by atoms with Crippen molar-refractivity contribution in [3.05, 3.63) is 24.3 Å². The van der Waals surface area contributed by atoms with Crippen LogP contribution in [0.3, 0.4) is 0 Å². The Hall–Kier alpha value is -1.60. The topological polar surface area (TPSA) is 92.3 Å². The Bertz CT molecular complexity index is 554. The van der Waals surface area contributed by atoms with Crippen LogP contribution in [0.4, 0.5) is 5.69 Å². The molecule has 6 nitrogen and oxygen atoms in total. The molecule has 0 aliphatic carbocycles. The van der Waals surface area contributed by atoms with E-state index in [-0.39, 0.29) is 10.8 Å². The number of anilines is 1. The summed E-state index contributed by atoms with van der Waals surface area (Å²) in [6, 6.07) is 5.35. The number of alkyl halides is 1. The van der Waals surface area contributed by atoms with Gasteiger partial charge in [-0.3, -0.25) is 9.59 Å². The van der Waals surface area contributed by atoms with Crippen molar-refractivity contribution in [3.63, 3.8) is 0 Å². The fourth-order valence-corrected chi connectivity index (χ4v) is 2.22. The van der Waals surface area contributed by atoms with Crippen molar-refractivity contribution in [1.82, 2.24) is 4.72 Å². The Morgan fingerprint density at radius 2 is 1.78 bits per heavy atom. The predicted octanol–water partition coefficient (Wildman–Crippen LogP) is 0.689. The highest BCUT2D eigenvalue weighted by atomic mass is 35.5. The Morgan fingerprint density at radius 1 is 1.22 bits per heavy atom. The minimum Gasteiger partial charge on any atom is -0.325 e. The van der Waals surface area contributed by atoms with Gasteiger partial charge in [0.1, 0.15) is 5.88 Å². The van der Waals surface area contributed by atoms with E-state index in [4.69, 9.17) is 11.6 Å². The third kappa shape index (κ3) is 4.01. The van der Waals surface area contributed by atoms with Crippen LogP contribution in [-0.2, 0) is 19.6 Å². The molecule has 2 N–H and O–H groups in total. The number of sulfonamides is 1. The Labute approximate surface area is 109 Å². The van der Waals surface area contributed by atoms with Crippen LogP contribution in [0.5, 0.6) is 0 Å². The molecule has 98 valence electrons. The van der Waals surface area contributed by atoms with Crippen LogP contribution < -0.4 is 10.0 Å². The fraction of sp³-hybridized carbons (Fsp3) is 0.200. The highest BCUT2D eigenvalue weighted by molar-refractivity contribution is 7.90. The first-order valence-electron chi connectivity index (χ1n) is 4.84. The molecule has 18 heavy (non-hydrogen) atoms. The van der Waals surface area contributed by atoms with E-state index >= 15 is 0 Å². The molecule has 0 fully saturated rings. The van der Waals surface area contributed by atoms with Gasteiger partial charge in [0.2, 0.25) is 11.8 Å². The number of nitrogens with one attached hydrogen (secondary N) is 2. The third-order valence-corrected chi connectivity index (χ3v) is 3.54. The fourth-order valence-electron chi connectivity index (χ4n) is 1.16. The van der Waals surface area contributed by atoms with Crippen LogP contribution in [0.2, 0.25) is 0 Å². The highest BCUT2D eigenvalue weighted by Gasteiger charge is 2.15. The molecular formula is C10H11ClN2O4S. The summed E-state index contributed by atoms with van der Waals surface area (Å²) >= 11 is 5.31. The molecular weight excluding hydrogens is 280 g/mol. The largest absolute Gasteiger partial charge is 0.325 e. The van der Waals surface area contributed by atoms with E-state index in [1.54, 1.807) is 0 Å². The van der Waals surface area contributed by atoms with Crippen molar-refractivity contribution in [2.45, 2.75) is 11.8 Å². The number of halogens is 1. The maximum Gasteiger partial charge on any atom is 0.264 e. The summed E-state index contributed by atoms with van der Waals surface area (Å²) in [6.07, 6.45) is 0. The first-order chi connectivity index (χ1) is 8.35. The van der Waals surface area contributed by atoms with Crippen LogP contribution in [0.1, 0.15) is 6.92 Å². The second-order valence-corrected chi connectivity index (χ2v) is 5.32. The SMILES string of the molecule is CC(=O)NS(=O)(=O)c1ccc(NC(=O)CCl)cc1. The summed E-state index contributed by atoms with van der Waals surface area (Å²) in [4.78, 5) is 21.6. The number of hydrogen-bond acceptors (Lipinski definition) is 4. The molecule has 0 spiro atoms. The molecule has 0 aliphatic rings. The number of rotatable bonds is 4. The quantitative estimate of drug-likeness (QED) is 0.798.